The highest BCUT2D eigenvalue weighted by Crippen LogP contribution is 2.35. The standard InChI is InChI=1S/C14H27F3N2/c1-4-13(5-2,10-18-3)11-19-8-6-12(7-9-19)14(15,16)17/h12,18H,4-11H2,1-3H3. The predicted octanol–water partition coefficient (Wildman–Crippen LogP) is 3.29. The molecule has 2 nitrogen and oxygen atoms in total. The number of hydrogen-bond acceptors (Lipinski definition) is 2. The smallest absolute Gasteiger partial charge is 0.319 e. The first kappa shape index (κ1) is 16.8. The Bertz CT molecular complexity index is 254. The molecule has 0 unspecified atom stereocenters. The highest BCUT2D eigenvalue weighted by atomic mass is 19.4. The van der Waals surface area contributed by atoms with E-state index in [1.165, 1.54) is 0 Å². The summed E-state index contributed by atoms with van der Waals surface area (Å²) in [5.74, 6) is -1.09. The highest BCUT2D eigenvalue weighted by molar-refractivity contribution is 4.85. The van der Waals surface area contributed by atoms with Gasteiger partial charge in [0, 0.05) is 13.1 Å². The Balaban J connectivity index is 2.51. The van der Waals surface area contributed by atoms with Crippen LogP contribution in [0.25, 0.3) is 0 Å². The van der Waals surface area contributed by atoms with Gasteiger partial charge in [0.1, 0.15) is 0 Å². The molecule has 0 aromatic rings. The van der Waals surface area contributed by atoms with Crippen LogP contribution in [0, 0.1) is 11.3 Å². The zero-order chi connectivity index (χ0) is 14.5. The quantitative estimate of drug-likeness (QED) is 0.803. The third-order valence-corrected chi connectivity index (χ3v) is 4.66. The first-order chi connectivity index (χ1) is 8.87. The van der Waals surface area contributed by atoms with Gasteiger partial charge >= 0.3 is 6.18 Å². The van der Waals surface area contributed by atoms with Crippen molar-refractivity contribution in [2.75, 3.05) is 33.2 Å². The minimum atomic E-state index is -4.01. The third-order valence-electron chi connectivity index (χ3n) is 4.66. The Morgan fingerprint density at radius 3 is 2.00 bits per heavy atom. The summed E-state index contributed by atoms with van der Waals surface area (Å²) in [6.07, 6.45) is -1.38. The number of piperidine rings is 1. The van der Waals surface area contributed by atoms with Crippen molar-refractivity contribution >= 4 is 0 Å². The van der Waals surface area contributed by atoms with Gasteiger partial charge in [-0.2, -0.15) is 13.2 Å². The van der Waals surface area contributed by atoms with Gasteiger partial charge in [0.25, 0.3) is 0 Å². The van der Waals surface area contributed by atoms with Crippen molar-refractivity contribution < 1.29 is 13.2 Å². The molecule has 1 rings (SSSR count). The minimum Gasteiger partial charge on any atom is -0.319 e. The summed E-state index contributed by atoms with van der Waals surface area (Å²) in [5, 5.41) is 3.23. The molecule has 1 aliphatic heterocycles. The summed E-state index contributed by atoms with van der Waals surface area (Å²) >= 11 is 0. The van der Waals surface area contributed by atoms with E-state index in [1.807, 2.05) is 7.05 Å². The van der Waals surface area contributed by atoms with Crippen molar-refractivity contribution in [3.05, 3.63) is 0 Å². The summed E-state index contributed by atoms with van der Waals surface area (Å²) in [4.78, 5) is 2.21. The Morgan fingerprint density at radius 1 is 1.11 bits per heavy atom. The lowest BCUT2D eigenvalue weighted by Gasteiger charge is -2.40. The van der Waals surface area contributed by atoms with E-state index in [0.29, 0.717) is 13.1 Å². The number of halogens is 3. The van der Waals surface area contributed by atoms with Crippen molar-refractivity contribution in [3.8, 4) is 0 Å². The fraction of sp³-hybridized carbons (Fsp3) is 1.00. The minimum absolute atomic E-state index is 0.194. The molecule has 0 aliphatic carbocycles. The Hall–Kier alpha value is -0.290. The Kier molecular flexibility index (Phi) is 6.12. The number of nitrogens with zero attached hydrogens (tertiary/aromatic N) is 1. The van der Waals surface area contributed by atoms with E-state index < -0.39 is 12.1 Å². The molecule has 1 N–H and O–H groups in total. The molecule has 0 saturated carbocycles. The molecule has 114 valence electrons. The van der Waals surface area contributed by atoms with Crippen molar-refractivity contribution in [1.29, 1.82) is 0 Å². The average Bonchev–Trinajstić information content (AvgIpc) is 2.37. The number of likely N-dealkylation sites (tertiary alicyclic amines) is 1. The first-order valence-electron chi connectivity index (χ1n) is 7.30. The molecule has 19 heavy (non-hydrogen) atoms. The molecular formula is C14H27F3N2. The van der Waals surface area contributed by atoms with Crippen LogP contribution in [0.5, 0.6) is 0 Å². The molecule has 0 aromatic heterocycles. The second-order valence-corrected chi connectivity index (χ2v) is 5.83. The van der Waals surface area contributed by atoms with Gasteiger partial charge in [-0.3, -0.25) is 0 Å². The molecule has 1 heterocycles. The molecule has 0 radical (unpaired) electrons. The lowest BCUT2D eigenvalue weighted by molar-refractivity contribution is -0.185. The van der Waals surface area contributed by atoms with Crippen molar-refractivity contribution in [3.63, 3.8) is 0 Å². The van der Waals surface area contributed by atoms with Crippen LogP contribution in [-0.4, -0.2) is 44.3 Å². The fourth-order valence-electron chi connectivity index (χ4n) is 3.05. The molecule has 0 aromatic carbocycles. The van der Waals surface area contributed by atoms with Crippen LogP contribution in [0.15, 0.2) is 0 Å². The summed E-state index contributed by atoms with van der Waals surface area (Å²) in [7, 11) is 1.94. The van der Waals surface area contributed by atoms with Gasteiger partial charge in [-0.05, 0) is 51.2 Å². The molecule has 1 saturated heterocycles. The fourth-order valence-corrected chi connectivity index (χ4v) is 3.05. The van der Waals surface area contributed by atoms with Crippen LogP contribution >= 0.6 is 0 Å². The number of rotatable bonds is 6. The average molecular weight is 280 g/mol. The van der Waals surface area contributed by atoms with E-state index in [0.717, 1.165) is 25.9 Å². The molecular weight excluding hydrogens is 253 g/mol. The maximum atomic E-state index is 12.6. The summed E-state index contributed by atoms with van der Waals surface area (Å²) in [5.41, 5.74) is 0.194. The van der Waals surface area contributed by atoms with E-state index in [1.54, 1.807) is 0 Å². The van der Waals surface area contributed by atoms with Gasteiger partial charge < -0.3 is 10.2 Å². The van der Waals surface area contributed by atoms with Gasteiger partial charge in [-0.15, -0.1) is 0 Å². The largest absolute Gasteiger partial charge is 0.391 e. The van der Waals surface area contributed by atoms with E-state index in [-0.39, 0.29) is 18.3 Å². The van der Waals surface area contributed by atoms with Crippen LogP contribution in [0.4, 0.5) is 13.2 Å². The van der Waals surface area contributed by atoms with E-state index in [2.05, 4.69) is 24.1 Å². The van der Waals surface area contributed by atoms with Crippen LogP contribution < -0.4 is 5.32 Å². The van der Waals surface area contributed by atoms with Gasteiger partial charge in [0.2, 0.25) is 0 Å². The van der Waals surface area contributed by atoms with Crippen molar-refractivity contribution in [1.82, 2.24) is 10.2 Å². The van der Waals surface area contributed by atoms with Gasteiger partial charge in [-0.1, -0.05) is 13.8 Å². The first-order valence-corrected chi connectivity index (χ1v) is 7.30. The Labute approximate surface area is 114 Å². The maximum Gasteiger partial charge on any atom is 0.391 e. The third kappa shape index (κ3) is 4.63. The summed E-state index contributed by atoms with van der Waals surface area (Å²) < 4.78 is 37.9. The zero-order valence-corrected chi connectivity index (χ0v) is 12.3. The van der Waals surface area contributed by atoms with Crippen LogP contribution in [0.2, 0.25) is 0 Å². The topological polar surface area (TPSA) is 15.3 Å². The van der Waals surface area contributed by atoms with E-state index >= 15 is 0 Å². The molecule has 1 fully saturated rings. The summed E-state index contributed by atoms with van der Waals surface area (Å²) in [6, 6.07) is 0. The maximum absolute atomic E-state index is 12.6. The lowest BCUT2D eigenvalue weighted by Crippen LogP contribution is -2.47. The zero-order valence-electron chi connectivity index (χ0n) is 12.3. The second-order valence-electron chi connectivity index (χ2n) is 5.83. The molecule has 0 amide bonds. The highest BCUT2D eigenvalue weighted by Gasteiger charge is 2.41. The van der Waals surface area contributed by atoms with Crippen LogP contribution in [0.3, 0.4) is 0 Å². The van der Waals surface area contributed by atoms with Crippen LogP contribution in [0.1, 0.15) is 39.5 Å². The second kappa shape index (κ2) is 6.93. The molecule has 0 bridgehead atoms. The van der Waals surface area contributed by atoms with Gasteiger partial charge in [-0.25, -0.2) is 0 Å². The van der Waals surface area contributed by atoms with Crippen LogP contribution in [-0.2, 0) is 0 Å². The lowest BCUT2D eigenvalue weighted by atomic mass is 9.81. The van der Waals surface area contributed by atoms with Gasteiger partial charge in [0.15, 0.2) is 0 Å². The van der Waals surface area contributed by atoms with Crippen molar-refractivity contribution in [2.24, 2.45) is 11.3 Å². The monoisotopic (exact) mass is 280 g/mol. The molecule has 0 spiro atoms. The molecule has 0 atom stereocenters. The van der Waals surface area contributed by atoms with Crippen molar-refractivity contribution in [2.45, 2.75) is 45.7 Å². The predicted molar refractivity (Wildman–Crippen MR) is 72.2 cm³/mol. The van der Waals surface area contributed by atoms with E-state index in [9.17, 15) is 13.2 Å². The number of nitrogens with one attached hydrogen (secondary N) is 1. The normalized spacial score (nSPS) is 19.9. The molecule has 1 aliphatic rings. The summed E-state index contributed by atoms with van der Waals surface area (Å²) in [6.45, 7) is 7.34. The SMILES string of the molecule is CCC(CC)(CNC)CN1CCC(C(F)(F)F)CC1. The number of alkyl halides is 3. The van der Waals surface area contributed by atoms with E-state index in [4.69, 9.17) is 0 Å². The Morgan fingerprint density at radius 2 is 1.63 bits per heavy atom. The van der Waals surface area contributed by atoms with Gasteiger partial charge in [0.05, 0.1) is 5.92 Å². The number of hydrogen-bond donors (Lipinski definition) is 1. The molecule has 5 heteroatoms.